The van der Waals surface area contributed by atoms with Crippen molar-refractivity contribution in [3.63, 3.8) is 0 Å². The molecule has 0 unspecified atom stereocenters. The number of hydrogen-bond donors (Lipinski definition) is 1. The third-order valence-corrected chi connectivity index (χ3v) is 5.40. The lowest BCUT2D eigenvalue weighted by Gasteiger charge is -2.16. The molecule has 0 bridgehead atoms. The van der Waals surface area contributed by atoms with Crippen LogP contribution < -0.4 is 14.8 Å². The summed E-state index contributed by atoms with van der Waals surface area (Å²) in [6, 6.07) is 10.2. The highest BCUT2D eigenvalue weighted by Crippen LogP contribution is 2.35. The topological polar surface area (TPSA) is 83.3 Å². The highest BCUT2D eigenvalue weighted by molar-refractivity contribution is 6.31. The Morgan fingerprint density at radius 2 is 2.12 bits per heavy atom. The lowest BCUT2D eigenvalue weighted by Crippen LogP contribution is -2.23. The van der Waals surface area contributed by atoms with Gasteiger partial charge in [-0.05, 0) is 30.7 Å². The van der Waals surface area contributed by atoms with Gasteiger partial charge in [-0.2, -0.15) is 5.26 Å². The molecule has 1 aliphatic heterocycles. The molecule has 1 aromatic heterocycles. The van der Waals surface area contributed by atoms with Gasteiger partial charge in [-0.25, -0.2) is 14.4 Å². The molecule has 3 aromatic rings. The van der Waals surface area contributed by atoms with Crippen molar-refractivity contribution in [2.24, 2.45) is 0 Å². The number of ether oxygens (including phenoxy) is 2. The third kappa shape index (κ3) is 4.90. The molecular weight excluding hydrogens is 433 g/mol. The molecule has 7 nitrogen and oxygen atoms in total. The minimum absolute atomic E-state index is 0.0224. The number of nitriles is 1. The molecule has 32 heavy (non-hydrogen) atoms. The first-order valence-corrected chi connectivity index (χ1v) is 10.4. The molecule has 0 fully saturated rings. The van der Waals surface area contributed by atoms with Crippen molar-refractivity contribution in [2.75, 3.05) is 38.7 Å². The first-order chi connectivity index (χ1) is 15.6. The molecule has 4 rings (SSSR count). The molecule has 164 valence electrons. The average molecular weight is 454 g/mol. The molecule has 0 amide bonds. The zero-order chi connectivity index (χ0) is 22.5. The average Bonchev–Trinajstić information content (AvgIpc) is 3.27. The van der Waals surface area contributed by atoms with Crippen LogP contribution >= 0.6 is 11.6 Å². The van der Waals surface area contributed by atoms with Crippen LogP contribution in [0.2, 0.25) is 5.02 Å². The second-order valence-corrected chi connectivity index (χ2v) is 7.68. The number of halogens is 2. The monoisotopic (exact) mass is 453 g/mol. The zero-order valence-corrected chi connectivity index (χ0v) is 18.2. The first-order valence-electron chi connectivity index (χ1n) is 10.1. The van der Waals surface area contributed by atoms with Crippen LogP contribution in [-0.2, 0) is 0 Å². The number of benzene rings is 2. The van der Waals surface area contributed by atoms with Crippen molar-refractivity contribution in [2.45, 2.75) is 6.42 Å². The van der Waals surface area contributed by atoms with E-state index in [1.165, 1.54) is 18.5 Å². The maximum absolute atomic E-state index is 13.5. The largest absolute Gasteiger partial charge is 0.493 e. The van der Waals surface area contributed by atoms with Crippen molar-refractivity contribution in [3.8, 4) is 17.6 Å². The fraction of sp³-hybridized carbons (Fsp3) is 0.261. The Kier molecular flexibility index (Phi) is 6.69. The van der Waals surface area contributed by atoms with E-state index in [4.69, 9.17) is 26.3 Å². The molecule has 0 spiro atoms. The quantitative estimate of drug-likeness (QED) is 0.494. The number of rotatable bonds is 8. The number of nitrogens with zero attached hydrogens (tertiary/aromatic N) is 4. The lowest BCUT2D eigenvalue weighted by atomic mass is 10.2. The van der Waals surface area contributed by atoms with Crippen molar-refractivity contribution >= 4 is 34.0 Å². The Morgan fingerprint density at radius 1 is 1.25 bits per heavy atom. The molecule has 0 saturated heterocycles. The lowest BCUT2D eigenvalue weighted by molar-refractivity contribution is 0.257. The Bertz CT molecular complexity index is 1210. The van der Waals surface area contributed by atoms with Crippen LogP contribution in [0.4, 0.5) is 15.9 Å². The number of nitrogens with one attached hydrogen (secondary N) is 1. The van der Waals surface area contributed by atoms with Gasteiger partial charge in [0.05, 0.1) is 30.3 Å². The van der Waals surface area contributed by atoms with Crippen LogP contribution in [0.25, 0.3) is 10.9 Å². The predicted molar refractivity (Wildman–Crippen MR) is 121 cm³/mol. The maximum Gasteiger partial charge on any atom is 0.162 e. The Morgan fingerprint density at radius 3 is 2.88 bits per heavy atom. The Labute approximate surface area is 190 Å². The zero-order valence-electron chi connectivity index (χ0n) is 17.4. The van der Waals surface area contributed by atoms with Crippen LogP contribution in [0, 0.1) is 17.1 Å². The molecule has 1 N–H and O–H groups in total. The normalized spacial score (nSPS) is 13.6. The summed E-state index contributed by atoms with van der Waals surface area (Å²) < 4.78 is 25.0. The minimum atomic E-state index is -0.487. The standard InChI is InChI=1S/C23H21ClFN5O2/c1-31-21-11-20-17(10-22(21)32-8-2-6-30-7-5-15(12-26)13-30)23(28-14-27-20)29-16-3-4-19(25)18(24)9-16/h3-5,9-11,14H,2,6-8,13H2,1H3,(H,27,28,29). The van der Waals surface area contributed by atoms with Gasteiger partial charge in [0.2, 0.25) is 0 Å². The van der Waals surface area contributed by atoms with Crippen LogP contribution in [0.3, 0.4) is 0 Å². The molecule has 0 radical (unpaired) electrons. The molecule has 1 aliphatic rings. The van der Waals surface area contributed by atoms with E-state index in [0.717, 1.165) is 30.5 Å². The van der Waals surface area contributed by atoms with E-state index in [-0.39, 0.29) is 5.02 Å². The molecule has 0 aliphatic carbocycles. The second-order valence-electron chi connectivity index (χ2n) is 7.27. The predicted octanol–water partition coefficient (Wildman–Crippen LogP) is 4.71. The molecule has 0 saturated carbocycles. The summed E-state index contributed by atoms with van der Waals surface area (Å²) in [6.07, 6.45) is 4.20. The summed E-state index contributed by atoms with van der Waals surface area (Å²) in [6.45, 7) is 2.81. The Balaban J connectivity index is 1.49. The second kappa shape index (κ2) is 9.81. The van der Waals surface area contributed by atoms with Gasteiger partial charge < -0.3 is 14.8 Å². The number of aromatic nitrogens is 2. The van der Waals surface area contributed by atoms with Crippen molar-refractivity contribution in [1.29, 1.82) is 5.26 Å². The number of methoxy groups -OCH3 is 1. The third-order valence-electron chi connectivity index (χ3n) is 5.11. The van der Waals surface area contributed by atoms with Crippen LogP contribution in [-0.4, -0.2) is 48.2 Å². The summed E-state index contributed by atoms with van der Waals surface area (Å²) in [4.78, 5) is 10.8. The van der Waals surface area contributed by atoms with Crippen molar-refractivity contribution in [3.05, 3.63) is 59.1 Å². The van der Waals surface area contributed by atoms with Gasteiger partial charge in [-0.15, -0.1) is 0 Å². The smallest absolute Gasteiger partial charge is 0.162 e. The van der Waals surface area contributed by atoms with Crippen molar-refractivity contribution < 1.29 is 13.9 Å². The Hall–Kier alpha value is -3.41. The highest BCUT2D eigenvalue weighted by atomic mass is 35.5. The van der Waals surface area contributed by atoms with Gasteiger partial charge in [-0.1, -0.05) is 17.7 Å². The van der Waals surface area contributed by atoms with Crippen molar-refractivity contribution in [1.82, 2.24) is 14.9 Å². The van der Waals surface area contributed by atoms with E-state index in [2.05, 4.69) is 26.3 Å². The van der Waals surface area contributed by atoms with E-state index in [9.17, 15) is 4.39 Å². The number of fused-ring (bicyclic) bond motifs is 1. The van der Waals surface area contributed by atoms with Crippen LogP contribution in [0.1, 0.15) is 6.42 Å². The van der Waals surface area contributed by atoms with Gasteiger partial charge in [0.25, 0.3) is 0 Å². The minimum Gasteiger partial charge on any atom is -0.493 e. The van der Waals surface area contributed by atoms with Gasteiger partial charge in [0, 0.05) is 42.3 Å². The number of hydrogen-bond acceptors (Lipinski definition) is 7. The molecular formula is C23H21ClFN5O2. The van der Waals surface area contributed by atoms with E-state index >= 15 is 0 Å². The van der Waals surface area contributed by atoms with Gasteiger partial charge in [0.1, 0.15) is 18.0 Å². The SMILES string of the molecule is COc1cc2ncnc(Nc3ccc(F)c(Cl)c3)c2cc1OCCCN1CC=C(C#N)C1. The maximum atomic E-state index is 13.5. The first kappa shape index (κ1) is 21.8. The van der Waals surface area contributed by atoms with E-state index in [1.54, 1.807) is 19.2 Å². The summed E-state index contributed by atoms with van der Waals surface area (Å²) in [5, 5.41) is 12.9. The van der Waals surface area contributed by atoms with Gasteiger partial charge >= 0.3 is 0 Å². The molecule has 2 heterocycles. The van der Waals surface area contributed by atoms with E-state index in [1.807, 2.05) is 12.1 Å². The molecule has 0 atom stereocenters. The number of anilines is 2. The summed E-state index contributed by atoms with van der Waals surface area (Å²) >= 11 is 5.89. The van der Waals surface area contributed by atoms with Crippen LogP contribution in [0.15, 0.2) is 48.3 Å². The van der Waals surface area contributed by atoms with Crippen LogP contribution in [0.5, 0.6) is 11.5 Å². The molecule has 9 heteroatoms. The summed E-state index contributed by atoms with van der Waals surface area (Å²) in [7, 11) is 1.58. The van der Waals surface area contributed by atoms with Gasteiger partial charge in [0.15, 0.2) is 11.5 Å². The fourth-order valence-corrected chi connectivity index (χ4v) is 3.66. The van der Waals surface area contributed by atoms with Gasteiger partial charge in [-0.3, -0.25) is 4.90 Å². The summed E-state index contributed by atoms with van der Waals surface area (Å²) in [5.74, 6) is 1.20. The molecule has 2 aromatic carbocycles. The highest BCUT2D eigenvalue weighted by Gasteiger charge is 2.15. The van der Waals surface area contributed by atoms with E-state index in [0.29, 0.717) is 41.7 Å². The fourth-order valence-electron chi connectivity index (χ4n) is 3.48. The summed E-state index contributed by atoms with van der Waals surface area (Å²) in [5.41, 5.74) is 2.09. The van der Waals surface area contributed by atoms with E-state index < -0.39 is 5.82 Å².